The highest BCUT2D eigenvalue weighted by atomic mass is 16.3. The van der Waals surface area contributed by atoms with Crippen LogP contribution in [0, 0.1) is 0 Å². The van der Waals surface area contributed by atoms with E-state index in [1.54, 1.807) is 18.7 Å². The molecule has 0 aliphatic heterocycles. The topological polar surface area (TPSA) is 64.1 Å². The standard InChI is InChI=1S/C16H23N3O/c1-2-8-19-16(14-7-11-20-12-14)4-3-15(17)13-5-9-18-10-6-13/h5-7,9-12,15-16,19H,2-4,8,17H2,1H3. The predicted molar refractivity (Wildman–Crippen MR) is 80.1 cm³/mol. The number of aromatic nitrogens is 1. The van der Waals surface area contributed by atoms with Crippen molar-refractivity contribution >= 4 is 0 Å². The van der Waals surface area contributed by atoms with Gasteiger partial charge in [-0.3, -0.25) is 4.98 Å². The largest absolute Gasteiger partial charge is 0.472 e. The van der Waals surface area contributed by atoms with Gasteiger partial charge in [-0.05, 0) is 49.6 Å². The summed E-state index contributed by atoms with van der Waals surface area (Å²) in [6.07, 6.45) is 10.1. The van der Waals surface area contributed by atoms with Gasteiger partial charge in [0.05, 0.1) is 12.5 Å². The lowest BCUT2D eigenvalue weighted by Crippen LogP contribution is -2.23. The molecule has 108 valence electrons. The van der Waals surface area contributed by atoms with Crippen LogP contribution in [0.25, 0.3) is 0 Å². The Morgan fingerprint density at radius 3 is 2.65 bits per heavy atom. The van der Waals surface area contributed by atoms with Crippen molar-refractivity contribution in [2.75, 3.05) is 6.54 Å². The van der Waals surface area contributed by atoms with Crippen LogP contribution >= 0.6 is 0 Å². The summed E-state index contributed by atoms with van der Waals surface area (Å²) in [5, 5.41) is 3.55. The van der Waals surface area contributed by atoms with Gasteiger partial charge in [-0.1, -0.05) is 6.92 Å². The smallest absolute Gasteiger partial charge is 0.0950 e. The van der Waals surface area contributed by atoms with Crippen molar-refractivity contribution in [2.45, 2.75) is 38.3 Å². The molecule has 0 aliphatic rings. The normalized spacial score (nSPS) is 14.1. The second kappa shape index (κ2) is 7.82. The maximum Gasteiger partial charge on any atom is 0.0950 e. The summed E-state index contributed by atoms with van der Waals surface area (Å²) >= 11 is 0. The van der Waals surface area contributed by atoms with Crippen molar-refractivity contribution in [3.63, 3.8) is 0 Å². The molecule has 2 aromatic heterocycles. The Balaban J connectivity index is 1.91. The fourth-order valence-corrected chi connectivity index (χ4v) is 2.30. The molecule has 0 bridgehead atoms. The van der Waals surface area contributed by atoms with Gasteiger partial charge in [0, 0.05) is 30.0 Å². The number of nitrogens with two attached hydrogens (primary N) is 1. The molecule has 2 heterocycles. The summed E-state index contributed by atoms with van der Waals surface area (Å²) in [6.45, 7) is 3.17. The van der Waals surface area contributed by atoms with E-state index in [1.165, 1.54) is 5.56 Å². The van der Waals surface area contributed by atoms with Gasteiger partial charge in [0.1, 0.15) is 0 Å². The van der Waals surface area contributed by atoms with Crippen LogP contribution in [-0.2, 0) is 0 Å². The third-order valence-electron chi connectivity index (χ3n) is 3.49. The Morgan fingerprint density at radius 2 is 2.00 bits per heavy atom. The molecule has 0 spiro atoms. The maximum atomic E-state index is 6.25. The van der Waals surface area contributed by atoms with Crippen LogP contribution in [0.4, 0.5) is 0 Å². The van der Waals surface area contributed by atoms with Crippen molar-refractivity contribution in [1.29, 1.82) is 0 Å². The molecule has 0 radical (unpaired) electrons. The lowest BCUT2D eigenvalue weighted by Gasteiger charge is -2.19. The Labute approximate surface area is 120 Å². The number of pyridine rings is 1. The number of hydrogen-bond donors (Lipinski definition) is 2. The third-order valence-corrected chi connectivity index (χ3v) is 3.49. The molecule has 0 saturated heterocycles. The second-order valence-corrected chi connectivity index (χ2v) is 5.03. The minimum Gasteiger partial charge on any atom is -0.472 e. The van der Waals surface area contributed by atoms with E-state index in [0.29, 0.717) is 6.04 Å². The molecule has 0 fully saturated rings. The van der Waals surface area contributed by atoms with Crippen LogP contribution in [0.1, 0.15) is 49.4 Å². The molecule has 3 N–H and O–H groups in total. The highest BCUT2D eigenvalue weighted by Crippen LogP contribution is 2.23. The van der Waals surface area contributed by atoms with Gasteiger partial charge >= 0.3 is 0 Å². The Hall–Kier alpha value is -1.65. The van der Waals surface area contributed by atoms with E-state index in [1.807, 2.05) is 24.5 Å². The first-order valence-corrected chi connectivity index (χ1v) is 7.22. The summed E-state index contributed by atoms with van der Waals surface area (Å²) in [6, 6.07) is 6.34. The van der Waals surface area contributed by atoms with E-state index in [-0.39, 0.29) is 6.04 Å². The number of hydrogen-bond acceptors (Lipinski definition) is 4. The van der Waals surface area contributed by atoms with Crippen LogP contribution < -0.4 is 11.1 Å². The summed E-state index contributed by atoms with van der Waals surface area (Å²) in [5.41, 5.74) is 8.58. The Bertz CT molecular complexity index is 470. The van der Waals surface area contributed by atoms with Crippen molar-refractivity contribution in [2.24, 2.45) is 5.73 Å². The fraction of sp³-hybridized carbons (Fsp3) is 0.438. The first kappa shape index (κ1) is 14.8. The van der Waals surface area contributed by atoms with Crippen molar-refractivity contribution in [3.8, 4) is 0 Å². The van der Waals surface area contributed by atoms with Crippen LogP contribution in [-0.4, -0.2) is 11.5 Å². The number of nitrogens with zero attached hydrogens (tertiary/aromatic N) is 1. The van der Waals surface area contributed by atoms with Gasteiger partial charge < -0.3 is 15.5 Å². The zero-order valence-corrected chi connectivity index (χ0v) is 12.0. The van der Waals surface area contributed by atoms with E-state index < -0.39 is 0 Å². The molecule has 2 rings (SSSR count). The third kappa shape index (κ3) is 4.18. The van der Waals surface area contributed by atoms with Crippen molar-refractivity contribution in [3.05, 3.63) is 54.2 Å². The first-order valence-electron chi connectivity index (χ1n) is 7.22. The quantitative estimate of drug-likeness (QED) is 0.775. The lowest BCUT2D eigenvalue weighted by atomic mass is 9.98. The molecule has 2 atom stereocenters. The zero-order chi connectivity index (χ0) is 14.2. The summed E-state index contributed by atoms with van der Waals surface area (Å²) in [7, 11) is 0. The van der Waals surface area contributed by atoms with Gasteiger partial charge in [-0.25, -0.2) is 0 Å². The van der Waals surface area contributed by atoms with E-state index in [2.05, 4.69) is 17.2 Å². The van der Waals surface area contributed by atoms with Crippen molar-refractivity contribution in [1.82, 2.24) is 10.3 Å². The molecule has 0 saturated carbocycles. The zero-order valence-electron chi connectivity index (χ0n) is 12.0. The minimum atomic E-state index is 0.0517. The predicted octanol–water partition coefficient (Wildman–Crippen LogP) is 3.20. The van der Waals surface area contributed by atoms with Gasteiger partial charge in [0.25, 0.3) is 0 Å². The molecule has 2 aromatic rings. The van der Waals surface area contributed by atoms with Crippen LogP contribution in [0.3, 0.4) is 0 Å². The van der Waals surface area contributed by atoms with Gasteiger partial charge in [0.2, 0.25) is 0 Å². The molecule has 0 aromatic carbocycles. The van der Waals surface area contributed by atoms with E-state index in [0.717, 1.165) is 31.4 Å². The number of nitrogens with one attached hydrogen (secondary N) is 1. The average Bonchev–Trinajstić information content (AvgIpc) is 3.02. The van der Waals surface area contributed by atoms with Gasteiger partial charge in [-0.15, -0.1) is 0 Å². The summed E-state index contributed by atoms with van der Waals surface area (Å²) in [5.74, 6) is 0. The second-order valence-electron chi connectivity index (χ2n) is 5.03. The van der Waals surface area contributed by atoms with Crippen molar-refractivity contribution < 1.29 is 4.42 Å². The van der Waals surface area contributed by atoms with Crippen LogP contribution in [0.5, 0.6) is 0 Å². The van der Waals surface area contributed by atoms with Gasteiger partial charge in [-0.2, -0.15) is 0 Å². The molecular formula is C16H23N3O. The molecule has 20 heavy (non-hydrogen) atoms. The molecule has 4 nitrogen and oxygen atoms in total. The molecular weight excluding hydrogens is 250 g/mol. The van der Waals surface area contributed by atoms with E-state index in [9.17, 15) is 0 Å². The van der Waals surface area contributed by atoms with Crippen LogP contribution in [0.15, 0.2) is 47.5 Å². The van der Waals surface area contributed by atoms with Gasteiger partial charge in [0.15, 0.2) is 0 Å². The molecule has 4 heteroatoms. The first-order chi connectivity index (χ1) is 9.81. The lowest BCUT2D eigenvalue weighted by molar-refractivity contribution is 0.454. The summed E-state index contributed by atoms with van der Waals surface area (Å²) in [4.78, 5) is 4.02. The average molecular weight is 273 g/mol. The number of furan rings is 1. The highest BCUT2D eigenvalue weighted by Gasteiger charge is 2.14. The Kier molecular flexibility index (Phi) is 5.77. The van der Waals surface area contributed by atoms with E-state index >= 15 is 0 Å². The SMILES string of the molecule is CCCNC(CCC(N)c1ccncc1)c1ccoc1. The fourth-order valence-electron chi connectivity index (χ4n) is 2.30. The van der Waals surface area contributed by atoms with E-state index in [4.69, 9.17) is 10.2 Å². The monoisotopic (exact) mass is 273 g/mol. The summed E-state index contributed by atoms with van der Waals surface area (Å²) < 4.78 is 5.19. The molecule has 2 unspecified atom stereocenters. The van der Waals surface area contributed by atoms with Crippen LogP contribution in [0.2, 0.25) is 0 Å². The Morgan fingerprint density at radius 1 is 1.20 bits per heavy atom. The maximum absolute atomic E-state index is 6.25. The highest BCUT2D eigenvalue weighted by molar-refractivity contribution is 5.15. The molecule has 0 aliphatic carbocycles. The minimum absolute atomic E-state index is 0.0517. The molecule has 0 amide bonds. The number of rotatable bonds is 8.